The van der Waals surface area contributed by atoms with Crippen LogP contribution in [0.5, 0.6) is 0 Å². The van der Waals surface area contributed by atoms with E-state index in [1.165, 1.54) is 18.2 Å². The number of carbonyl (C=O) groups is 1. The predicted octanol–water partition coefficient (Wildman–Crippen LogP) is 4.06. The Hall–Kier alpha value is -2.50. The van der Waals surface area contributed by atoms with E-state index in [1.807, 2.05) is 19.1 Å². The van der Waals surface area contributed by atoms with Crippen molar-refractivity contribution in [2.45, 2.75) is 13.1 Å². The zero-order chi connectivity index (χ0) is 16.2. The molecular formula is C16H15F3N2O. The minimum absolute atomic E-state index is 0.116. The molecule has 2 N–H and O–H groups in total. The molecule has 0 spiro atoms. The van der Waals surface area contributed by atoms with Crippen LogP contribution in [-0.4, -0.2) is 12.5 Å². The lowest BCUT2D eigenvalue weighted by Gasteiger charge is -2.14. The van der Waals surface area contributed by atoms with Gasteiger partial charge in [-0.1, -0.05) is 29.8 Å². The van der Waals surface area contributed by atoms with E-state index < -0.39 is 17.6 Å². The van der Waals surface area contributed by atoms with Gasteiger partial charge in [0.25, 0.3) is 0 Å². The number of hydrogen-bond acceptors (Lipinski definition) is 2. The highest BCUT2D eigenvalue weighted by Crippen LogP contribution is 2.34. The average molecular weight is 308 g/mol. The molecule has 0 atom stereocenters. The van der Waals surface area contributed by atoms with Gasteiger partial charge in [-0.2, -0.15) is 13.2 Å². The maximum Gasteiger partial charge on any atom is 0.418 e. The molecule has 0 fully saturated rings. The van der Waals surface area contributed by atoms with Gasteiger partial charge in [0, 0.05) is 5.69 Å². The van der Waals surface area contributed by atoms with Gasteiger partial charge in [0.2, 0.25) is 5.91 Å². The van der Waals surface area contributed by atoms with Crippen molar-refractivity contribution < 1.29 is 18.0 Å². The van der Waals surface area contributed by atoms with Crippen LogP contribution in [0.15, 0.2) is 48.5 Å². The van der Waals surface area contributed by atoms with Crippen molar-refractivity contribution in [2.75, 3.05) is 17.2 Å². The monoisotopic (exact) mass is 308 g/mol. The van der Waals surface area contributed by atoms with Crippen LogP contribution in [0.4, 0.5) is 24.5 Å². The summed E-state index contributed by atoms with van der Waals surface area (Å²) in [5.74, 6) is -0.544. The third-order valence-corrected chi connectivity index (χ3v) is 3.01. The highest BCUT2D eigenvalue weighted by atomic mass is 19.4. The molecule has 0 aliphatic rings. The van der Waals surface area contributed by atoms with E-state index in [9.17, 15) is 18.0 Å². The normalized spacial score (nSPS) is 11.1. The summed E-state index contributed by atoms with van der Waals surface area (Å²) in [5.41, 5.74) is 0.698. The minimum Gasteiger partial charge on any atom is -0.376 e. The van der Waals surface area contributed by atoms with Crippen molar-refractivity contribution in [3.8, 4) is 0 Å². The SMILES string of the molecule is Cc1ccc(NCC(=O)Nc2ccccc2C(F)(F)F)cc1. The largest absolute Gasteiger partial charge is 0.418 e. The van der Waals surface area contributed by atoms with Gasteiger partial charge in [-0.05, 0) is 31.2 Å². The molecule has 0 aliphatic heterocycles. The topological polar surface area (TPSA) is 41.1 Å². The van der Waals surface area contributed by atoms with Gasteiger partial charge in [-0.15, -0.1) is 0 Å². The third-order valence-electron chi connectivity index (χ3n) is 3.01. The van der Waals surface area contributed by atoms with Crippen molar-refractivity contribution in [1.29, 1.82) is 0 Å². The Bertz CT molecular complexity index is 651. The Kier molecular flexibility index (Phi) is 4.70. The zero-order valence-electron chi connectivity index (χ0n) is 11.9. The van der Waals surface area contributed by atoms with Crippen molar-refractivity contribution >= 4 is 17.3 Å². The zero-order valence-corrected chi connectivity index (χ0v) is 11.9. The number of anilines is 2. The summed E-state index contributed by atoms with van der Waals surface area (Å²) >= 11 is 0. The molecule has 0 bridgehead atoms. The van der Waals surface area contributed by atoms with Crippen molar-refractivity contribution in [2.24, 2.45) is 0 Å². The summed E-state index contributed by atoms with van der Waals surface area (Å²) in [6, 6.07) is 12.2. The highest BCUT2D eigenvalue weighted by molar-refractivity contribution is 5.94. The standard InChI is InChI=1S/C16H15F3N2O/c1-11-6-8-12(9-7-11)20-10-15(22)21-14-5-3-2-4-13(14)16(17,18)19/h2-9,20H,10H2,1H3,(H,21,22). The van der Waals surface area contributed by atoms with Crippen molar-refractivity contribution in [1.82, 2.24) is 0 Å². The minimum atomic E-state index is -4.51. The molecule has 0 radical (unpaired) electrons. The van der Waals surface area contributed by atoms with Crippen LogP contribution < -0.4 is 10.6 Å². The molecule has 6 heteroatoms. The average Bonchev–Trinajstić information content (AvgIpc) is 2.46. The maximum atomic E-state index is 12.8. The fraction of sp³-hybridized carbons (Fsp3) is 0.188. The fourth-order valence-corrected chi connectivity index (χ4v) is 1.89. The molecule has 0 unspecified atom stereocenters. The molecule has 22 heavy (non-hydrogen) atoms. The Morgan fingerprint density at radius 2 is 1.68 bits per heavy atom. The van der Waals surface area contributed by atoms with E-state index in [0.29, 0.717) is 0 Å². The number of nitrogens with one attached hydrogen (secondary N) is 2. The first-order valence-electron chi connectivity index (χ1n) is 6.63. The van der Waals surface area contributed by atoms with Gasteiger partial charge >= 0.3 is 6.18 Å². The quantitative estimate of drug-likeness (QED) is 0.894. The Morgan fingerprint density at radius 1 is 1.05 bits per heavy atom. The molecule has 2 rings (SSSR count). The maximum absolute atomic E-state index is 12.8. The Labute approximate surface area is 126 Å². The number of aryl methyl sites for hydroxylation is 1. The Balaban J connectivity index is 1.99. The summed E-state index contributed by atoms with van der Waals surface area (Å²) < 4.78 is 38.5. The highest BCUT2D eigenvalue weighted by Gasteiger charge is 2.33. The van der Waals surface area contributed by atoms with Crippen LogP contribution in [0.25, 0.3) is 0 Å². The van der Waals surface area contributed by atoms with Crippen molar-refractivity contribution in [3.63, 3.8) is 0 Å². The van der Waals surface area contributed by atoms with Gasteiger partial charge in [0.1, 0.15) is 0 Å². The number of rotatable bonds is 4. The number of hydrogen-bond donors (Lipinski definition) is 2. The lowest BCUT2D eigenvalue weighted by Crippen LogP contribution is -2.23. The molecule has 1 amide bonds. The molecule has 3 nitrogen and oxygen atoms in total. The molecule has 0 saturated heterocycles. The van der Waals surface area contributed by atoms with Crippen LogP contribution in [0.1, 0.15) is 11.1 Å². The molecule has 2 aromatic carbocycles. The van der Waals surface area contributed by atoms with E-state index in [-0.39, 0.29) is 12.2 Å². The number of para-hydroxylation sites is 1. The van der Waals surface area contributed by atoms with Gasteiger partial charge in [-0.3, -0.25) is 4.79 Å². The van der Waals surface area contributed by atoms with Gasteiger partial charge in [0.15, 0.2) is 0 Å². The first-order valence-corrected chi connectivity index (χ1v) is 6.63. The van der Waals surface area contributed by atoms with Gasteiger partial charge < -0.3 is 10.6 Å². The smallest absolute Gasteiger partial charge is 0.376 e. The van der Waals surface area contributed by atoms with E-state index >= 15 is 0 Å². The first-order chi connectivity index (χ1) is 10.4. The van der Waals surface area contributed by atoms with Crippen LogP contribution in [-0.2, 0) is 11.0 Å². The van der Waals surface area contributed by atoms with Gasteiger partial charge in [-0.25, -0.2) is 0 Å². The molecule has 0 aromatic heterocycles. The van der Waals surface area contributed by atoms with E-state index in [1.54, 1.807) is 12.1 Å². The summed E-state index contributed by atoms with van der Waals surface area (Å²) in [6.07, 6.45) is -4.51. The van der Waals surface area contributed by atoms with Crippen LogP contribution in [0, 0.1) is 6.92 Å². The number of alkyl halides is 3. The third kappa shape index (κ3) is 4.25. The predicted molar refractivity (Wildman–Crippen MR) is 79.7 cm³/mol. The number of carbonyl (C=O) groups excluding carboxylic acids is 1. The number of amides is 1. The second-order valence-electron chi connectivity index (χ2n) is 4.81. The molecule has 0 saturated carbocycles. The van der Waals surface area contributed by atoms with E-state index in [2.05, 4.69) is 10.6 Å². The van der Waals surface area contributed by atoms with Gasteiger partial charge in [0.05, 0.1) is 17.8 Å². The fourth-order valence-electron chi connectivity index (χ4n) is 1.89. The molecular weight excluding hydrogens is 293 g/mol. The molecule has 2 aromatic rings. The second-order valence-corrected chi connectivity index (χ2v) is 4.81. The van der Waals surface area contributed by atoms with E-state index in [0.717, 1.165) is 17.3 Å². The summed E-state index contributed by atoms with van der Waals surface area (Å²) in [4.78, 5) is 11.8. The first kappa shape index (κ1) is 15.9. The molecule has 0 heterocycles. The lowest BCUT2D eigenvalue weighted by atomic mass is 10.1. The molecule has 0 aliphatic carbocycles. The molecule has 116 valence electrons. The second kappa shape index (κ2) is 6.51. The number of benzene rings is 2. The number of halogens is 3. The lowest BCUT2D eigenvalue weighted by molar-refractivity contribution is -0.137. The van der Waals surface area contributed by atoms with Crippen LogP contribution in [0.2, 0.25) is 0 Å². The Morgan fingerprint density at radius 3 is 2.32 bits per heavy atom. The van der Waals surface area contributed by atoms with Crippen molar-refractivity contribution in [3.05, 3.63) is 59.7 Å². The van der Waals surface area contributed by atoms with Crippen LogP contribution in [0.3, 0.4) is 0 Å². The van der Waals surface area contributed by atoms with E-state index in [4.69, 9.17) is 0 Å². The summed E-state index contributed by atoms with van der Waals surface area (Å²) in [6.45, 7) is 1.82. The van der Waals surface area contributed by atoms with Crippen LogP contribution >= 0.6 is 0 Å². The summed E-state index contributed by atoms with van der Waals surface area (Å²) in [5, 5.41) is 5.13. The summed E-state index contributed by atoms with van der Waals surface area (Å²) in [7, 11) is 0.